The number of amides is 1. The Bertz CT molecular complexity index is 742. The topological polar surface area (TPSA) is 56.8 Å². The molecule has 1 amide bonds. The number of rotatable bonds is 4. The number of aryl methyl sites for hydroxylation is 1. The van der Waals surface area contributed by atoms with Gasteiger partial charge in [-0.1, -0.05) is 12.1 Å². The molecule has 2 aromatic carbocycles. The lowest BCUT2D eigenvalue weighted by atomic mass is 10.1. The number of hydrogen-bond acceptors (Lipinski definition) is 4. The van der Waals surface area contributed by atoms with Gasteiger partial charge in [-0.05, 0) is 50.1 Å². The lowest BCUT2D eigenvalue weighted by molar-refractivity contribution is -0.122. The van der Waals surface area contributed by atoms with E-state index in [1.54, 1.807) is 25.1 Å². The molecule has 0 unspecified atom stereocenters. The van der Waals surface area contributed by atoms with Crippen LogP contribution in [-0.2, 0) is 4.79 Å². The molecule has 5 heteroatoms. The largest absolute Gasteiger partial charge is 0.481 e. The van der Waals surface area contributed by atoms with Gasteiger partial charge in [0.2, 0.25) is 6.79 Å². The summed E-state index contributed by atoms with van der Waals surface area (Å²) >= 11 is 0. The summed E-state index contributed by atoms with van der Waals surface area (Å²) in [6, 6.07) is 11.1. The van der Waals surface area contributed by atoms with E-state index >= 15 is 0 Å². The first kappa shape index (κ1) is 15.2. The molecule has 1 N–H and O–H groups in total. The Morgan fingerprint density at radius 1 is 1.17 bits per heavy atom. The van der Waals surface area contributed by atoms with Crippen molar-refractivity contribution >= 4 is 11.6 Å². The molecule has 0 aliphatic carbocycles. The van der Waals surface area contributed by atoms with Gasteiger partial charge in [-0.25, -0.2) is 0 Å². The van der Waals surface area contributed by atoms with Gasteiger partial charge < -0.3 is 19.5 Å². The molecule has 1 heterocycles. The number of ether oxygens (including phenoxy) is 3. The molecule has 0 radical (unpaired) electrons. The molecular weight excluding hydrogens is 294 g/mol. The number of carbonyl (C=O) groups excluding carboxylic acids is 1. The normalized spacial score (nSPS) is 13.5. The third-order valence-corrected chi connectivity index (χ3v) is 3.87. The molecular formula is C18H19NO4. The number of carbonyl (C=O) groups is 1. The van der Waals surface area contributed by atoms with E-state index in [-0.39, 0.29) is 12.7 Å². The van der Waals surface area contributed by atoms with Crippen LogP contribution in [0.25, 0.3) is 0 Å². The highest BCUT2D eigenvalue weighted by Gasteiger charge is 2.18. The monoisotopic (exact) mass is 313 g/mol. The van der Waals surface area contributed by atoms with E-state index in [0.717, 1.165) is 16.9 Å². The molecule has 0 bridgehead atoms. The van der Waals surface area contributed by atoms with E-state index in [4.69, 9.17) is 14.2 Å². The number of benzene rings is 2. The molecule has 5 nitrogen and oxygen atoms in total. The van der Waals surface area contributed by atoms with E-state index in [0.29, 0.717) is 17.2 Å². The van der Waals surface area contributed by atoms with Crippen molar-refractivity contribution in [2.24, 2.45) is 0 Å². The average molecular weight is 313 g/mol. The second kappa shape index (κ2) is 6.20. The highest BCUT2D eigenvalue weighted by molar-refractivity contribution is 5.94. The first-order valence-electron chi connectivity index (χ1n) is 7.48. The zero-order valence-electron chi connectivity index (χ0n) is 13.4. The number of fused-ring (bicyclic) bond motifs is 1. The second-order valence-electron chi connectivity index (χ2n) is 5.52. The summed E-state index contributed by atoms with van der Waals surface area (Å²) in [5, 5.41) is 2.83. The highest BCUT2D eigenvalue weighted by Crippen LogP contribution is 2.34. The Morgan fingerprint density at radius 3 is 2.78 bits per heavy atom. The predicted octanol–water partition coefficient (Wildman–Crippen LogP) is 3.44. The van der Waals surface area contributed by atoms with Crippen LogP contribution in [0.2, 0.25) is 0 Å². The van der Waals surface area contributed by atoms with Gasteiger partial charge in [0.05, 0.1) is 0 Å². The maximum atomic E-state index is 12.3. The van der Waals surface area contributed by atoms with Crippen LogP contribution in [0, 0.1) is 13.8 Å². The fraction of sp³-hybridized carbons (Fsp3) is 0.278. The van der Waals surface area contributed by atoms with Gasteiger partial charge in [-0.15, -0.1) is 0 Å². The molecule has 120 valence electrons. The van der Waals surface area contributed by atoms with E-state index in [9.17, 15) is 4.79 Å². The number of nitrogens with one attached hydrogen (secondary N) is 1. The van der Waals surface area contributed by atoms with Crippen LogP contribution in [0.15, 0.2) is 36.4 Å². The first-order chi connectivity index (χ1) is 11.0. The predicted molar refractivity (Wildman–Crippen MR) is 87.2 cm³/mol. The summed E-state index contributed by atoms with van der Waals surface area (Å²) in [7, 11) is 0. The lowest BCUT2D eigenvalue weighted by Gasteiger charge is -2.17. The van der Waals surface area contributed by atoms with Crippen LogP contribution >= 0.6 is 0 Å². The van der Waals surface area contributed by atoms with Crippen LogP contribution in [0.4, 0.5) is 5.69 Å². The Labute approximate surface area is 135 Å². The summed E-state index contributed by atoms with van der Waals surface area (Å²) in [6.45, 7) is 5.93. The fourth-order valence-corrected chi connectivity index (χ4v) is 2.31. The standard InChI is InChI=1S/C18H19NO4/c1-11-5-4-6-15(12(11)2)23-13(3)18(20)19-14-7-8-16-17(9-14)22-10-21-16/h4-9,13H,10H2,1-3H3,(H,19,20)/t13-/m0/s1. The fourth-order valence-electron chi connectivity index (χ4n) is 2.31. The van der Waals surface area contributed by atoms with Crippen molar-refractivity contribution in [2.75, 3.05) is 12.1 Å². The average Bonchev–Trinajstić information content (AvgIpc) is 2.99. The first-order valence-corrected chi connectivity index (χ1v) is 7.48. The maximum Gasteiger partial charge on any atom is 0.265 e. The van der Waals surface area contributed by atoms with Gasteiger partial charge >= 0.3 is 0 Å². The molecule has 0 fully saturated rings. The second-order valence-corrected chi connectivity index (χ2v) is 5.52. The number of hydrogen-bond donors (Lipinski definition) is 1. The van der Waals surface area contributed by atoms with Gasteiger partial charge in [-0.3, -0.25) is 4.79 Å². The van der Waals surface area contributed by atoms with Gasteiger partial charge in [0.15, 0.2) is 17.6 Å². The van der Waals surface area contributed by atoms with Crippen LogP contribution in [0.3, 0.4) is 0 Å². The smallest absolute Gasteiger partial charge is 0.265 e. The molecule has 0 saturated carbocycles. The third-order valence-electron chi connectivity index (χ3n) is 3.87. The SMILES string of the molecule is Cc1cccc(O[C@@H](C)C(=O)Nc2ccc3c(c2)OCO3)c1C. The molecule has 0 aromatic heterocycles. The van der Waals surface area contributed by atoms with Crippen molar-refractivity contribution in [2.45, 2.75) is 26.9 Å². The van der Waals surface area contributed by atoms with Crippen LogP contribution < -0.4 is 19.5 Å². The zero-order chi connectivity index (χ0) is 16.4. The third kappa shape index (κ3) is 3.23. The Hall–Kier alpha value is -2.69. The molecule has 3 rings (SSSR count). The molecule has 1 aliphatic rings. The van der Waals surface area contributed by atoms with Gasteiger partial charge in [0.1, 0.15) is 5.75 Å². The number of anilines is 1. The molecule has 23 heavy (non-hydrogen) atoms. The van der Waals surface area contributed by atoms with E-state index < -0.39 is 6.10 Å². The minimum Gasteiger partial charge on any atom is -0.481 e. The summed E-state index contributed by atoms with van der Waals surface area (Å²) < 4.78 is 16.3. The van der Waals surface area contributed by atoms with Gasteiger partial charge in [0, 0.05) is 11.8 Å². The molecule has 1 atom stereocenters. The Kier molecular flexibility index (Phi) is 4.10. The van der Waals surface area contributed by atoms with Crippen LogP contribution in [0.5, 0.6) is 17.2 Å². The highest BCUT2D eigenvalue weighted by atomic mass is 16.7. The minimum absolute atomic E-state index is 0.207. The molecule has 2 aromatic rings. The minimum atomic E-state index is -0.610. The van der Waals surface area contributed by atoms with Crippen molar-refractivity contribution in [1.82, 2.24) is 0 Å². The van der Waals surface area contributed by atoms with Gasteiger partial charge in [-0.2, -0.15) is 0 Å². The van der Waals surface area contributed by atoms with Gasteiger partial charge in [0.25, 0.3) is 5.91 Å². The van der Waals surface area contributed by atoms with E-state index in [1.807, 2.05) is 32.0 Å². The molecule has 0 saturated heterocycles. The zero-order valence-corrected chi connectivity index (χ0v) is 13.4. The van der Waals surface area contributed by atoms with Crippen LogP contribution in [-0.4, -0.2) is 18.8 Å². The van der Waals surface area contributed by atoms with Crippen molar-refractivity contribution in [3.8, 4) is 17.2 Å². The van der Waals surface area contributed by atoms with E-state index in [2.05, 4.69) is 5.32 Å². The van der Waals surface area contributed by atoms with Crippen molar-refractivity contribution < 1.29 is 19.0 Å². The van der Waals surface area contributed by atoms with E-state index in [1.165, 1.54) is 0 Å². The van der Waals surface area contributed by atoms with Crippen molar-refractivity contribution in [3.05, 3.63) is 47.5 Å². The Balaban J connectivity index is 1.67. The van der Waals surface area contributed by atoms with Crippen LogP contribution in [0.1, 0.15) is 18.1 Å². The molecule has 1 aliphatic heterocycles. The summed E-state index contributed by atoms with van der Waals surface area (Å²) in [4.78, 5) is 12.3. The molecule has 0 spiro atoms. The Morgan fingerprint density at radius 2 is 1.96 bits per heavy atom. The summed E-state index contributed by atoms with van der Waals surface area (Å²) in [5.41, 5.74) is 2.82. The maximum absolute atomic E-state index is 12.3. The summed E-state index contributed by atoms with van der Waals surface area (Å²) in [5.74, 6) is 1.82. The van der Waals surface area contributed by atoms with Crippen molar-refractivity contribution in [3.63, 3.8) is 0 Å². The lowest BCUT2D eigenvalue weighted by Crippen LogP contribution is -2.30. The quantitative estimate of drug-likeness (QED) is 0.939. The summed E-state index contributed by atoms with van der Waals surface area (Å²) in [6.07, 6.45) is -0.610. The van der Waals surface area contributed by atoms with Crippen molar-refractivity contribution in [1.29, 1.82) is 0 Å².